The van der Waals surface area contributed by atoms with Crippen LogP contribution in [0, 0.1) is 0 Å². The minimum absolute atomic E-state index is 2.23. The Hall–Kier alpha value is -1.68. The fourth-order valence-electron chi connectivity index (χ4n) is 0.733. The fourth-order valence-corrected chi connectivity index (χ4v) is 0.733. The first-order valence-corrected chi connectivity index (χ1v) is 3.17. The van der Waals surface area contributed by atoms with E-state index in [-0.39, 0.29) is 0 Å². The molecule has 15 heavy (non-hydrogen) atoms. The van der Waals surface area contributed by atoms with Crippen LogP contribution < -0.4 is 0 Å². The summed E-state index contributed by atoms with van der Waals surface area (Å²) in [5, 5.41) is 17.5. The van der Waals surface area contributed by atoms with Crippen molar-refractivity contribution in [3.05, 3.63) is 0 Å². The van der Waals surface area contributed by atoms with Crippen LogP contribution in [0.25, 0.3) is 0 Å². The quantitative estimate of drug-likeness (QED) is 0.735. The lowest BCUT2D eigenvalue weighted by Gasteiger charge is -2.26. The lowest BCUT2D eigenvalue weighted by Crippen LogP contribution is -2.58. The summed E-state index contributed by atoms with van der Waals surface area (Å²) in [5.41, 5.74) is -4.05. The second-order valence-corrected chi connectivity index (χ2v) is 2.43. The van der Waals surface area contributed by atoms with E-state index in [9.17, 15) is 26.7 Å². The number of alkyl halides is 5. The van der Waals surface area contributed by atoms with Crippen molar-refractivity contribution < 1.29 is 31.9 Å². The highest BCUT2D eigenvalue weighted by atomic mass is 19.4. The molecular formula is C4HF5N4O2. The molecule has 1 aliphatic heterocycles. The van der Waals surface area contributed by atoms with Crippen LogP contribution in [0.2, 0.25) is 0 Å². The maximum atomic E-state index is 12.7. The number of carboxylic acids is 1. The molecule has 0 aromatic carbocycles. The number of halogens is 5. The van der Waals surface area contributed by atoms with Gasteiger partial charge in [0.25, 0.3) is 0 Å². The summed E-state index contributed by atoms with van der Waals surface area (Å²) < 4.78 is 61.1. The van der Waals surface area contributed by atoms with Gasteiger partial charge >= 0.3 is 23.7 Å². The molecule has 0 saturated carbocycles. The largest absolute Gasteiger partial charge is 0.478 e. The highest BCUT2D eigenvalue weighted by Gasteiger charge is 2.77. The Morgan fingerprint density at radius 3 is 1.73 bits per heavy atom. The van der Waals surface area contributed by atoms with Gasteiger partial charge in [0.2, 0.25) is 0 Å². The van der Waals surface area contributed by atoms with Crippen LogP contribution in [-0.2, 0) is 4.79 Å². The first-order chi connectivity index (χ1) is 6.65. The molecule has 0 spiro atoms. The van der Waals surface area contributed by atoms with Crippen LogP contribution in [0.3, 0.4) is 0 Å². The van der Waals surface area contributed by atoms with Crippen LogP contribution in [0.15, 0.2) is 20.7 Å². The zero-order valence-electron chi connectivity index (χ0n) is 6.53. The molecule has 1 aliphatic rings. The topological polar surface area (TPSA) is 86.7 Å². The van der Waals surface area contributed by atoms with Crippen molar-refractivity contribution >= 4 is 5.97 Å². The number of aliphatic carboxylic acids is 1. The molecule has 0 amide bonds. The molecule has 1 N–H and O–H groups in total. The summed E-state index contributed by atoms with van der Waals surface area (Å²) >= 11 is 0. The van der Waals surface area contributed by atoms with Gasteiger partial charge in [-0.3, -0.25) is 0 Å². The van der Waals surface area contributed by atoms with E-state index in [2.05, 4.69) is 20.7 Å². The Balaban J connectivity index is 3.30. The van der Waals surface area contributed by atoms with Gasteiger partial charge in [-0.15, -0.1) is 10.2 Å². The second kappa shape index (κ2) is 2.90. The summed E-state index contributed by atoms with van der Waals surface area (Å²) in [6, 6.07) is 0. The van der Waals surface area contributed by atoms with Crippen LogP contribution in [0.5, 0.6) is 0 Å². The molecule has 11 heteroatoms. The molecule has 0 aromatic heterocycles. The first-order valence-electron chi connectivity index (χ1n) is 3.17. The summed E-state index contributed by atoms with van der Waals surface area (Å²) in [4.78, 5) is 10.3. The Kier molecular flexibility index (Phi) is 2.21. The molecule has 0 atom stereocenters. The van der Waals surface area contributed by atoms with E-state index in [1.165, 1.54) is 0 Å². The van der Waals surface area contributed by atoms with Crippen LogP contribution in [-0.4, -0.2) is 28.8 Å². The molecule has 0 fully saturated rings. The summed E-state index contributed by atoms with van der Waals surface area (Å²) in [5.74, 6) is -8.27. The predicted molar refractivity (Wildman–Crippen MR) is 31.1 cm³/mol. The summed E-state index contributed by atoms with van der Waals surface area (Å²) in [6.45, 7) is 0. The third kappa shape index (κ3) is 1.34. The number of rotatable bonds is 2. The van der Waals surface area contributed by atoms with E-state index in [1.54, 1.807) is 0 Å². The molecule has 0 radical (unpaired) electrons. The highest BCUT2D eigenvalue weighted by molar-refractivity contribution is 5.80. The van der Waals surface area contributed by atoms with E-state index >= 15 is 0 Å². The van der Waals surface area contributed by atoms with Gasteiger partial charge in [0.15, 0.2) is 0 Å². The van der Waals surface area contributed by atoms with Crippen molar-refractivity contribution in [2.24, 2.45) is 20.7 Å². The Morgan fingerprint density at radius 1 is 1.07 bits per heavy atom. The molecule has 0 aromatic rings. The highest BCUT2D eigenvalue weighted by Crippen LogP contribution is 2.47. The van der Waals surface area contributed by atoms with Crippen molar-refractivity contribution in [1.29, 1.82) is 0 Å². The van der Waals surface area contributed by atoms with Crippen molar-refractivity contribution in [2.45, 2.75) is 17.8 Å². The maximum absolute atomic E-state index is 12.7. The zero-order chi connectivity index (χ0) is 11.9. The third-order valence-electron chi connectivity index (χ3n) is 1.51. The minimum atomic E-state index is -6.12. The van der Waals surface area contributed by atoms with Crippen molar-refractivity contribution in [3.63, 3.8) is 0 Å². The van der Waals surface area contributed by atoms with Crippen LogP contribution in [0.1, 0.15) is 0 Å². The van der Waals surface area contributed by atoms with E-state index in [4.69, 9.17) is 5.11 Å². The normalized spacial score (nSPS) is 19.5. The van der Waals surface area contributed by atoms with Gasteiger partial charge in [0, 0.05) is 0 Å². The average molecular weight is 232 g/mol. The Labute approximate surface area is 77.5 Å². The molecule has 0 aliphatic carbocycles. The van der Waals surface area contributed by atoms with Crippen LogP contribution in [0.4, 0.5) is 22.0 Å². The van der Waals surface area contributed by atoms with Gasteiger partial charge in [-0.2, -0.15) is 22.0 Å². The lowest BCUT2D eigenvalue weighted by molar-refractivity contribution is -0.304. The van der Waals surface area contributed by atoms with E-state index in [1.807, 2.05) is 0 Å². The molecule has 0 saturated heterocycles. The first kappa shape index (κ1) is 11.4. The van der Waals surface area contributed by atoms with Gasteiger partial charge in [-0.1, -0.05) is 0 Å². The Bertz CT molecular complexity index is 335. The molecule has 0 unspecified atom stereocenters. The molecule has 0 bridgehead atoms. The number of carboxylic acid groups (broad SMARTS) is 1. The van der Waals surface area contributed by atoms with Crippen molar-refractivity contribution in [2.75, 3.05) is 0 Å². The van der Waals surface area contributed by atoms with Gasteiger partial charge < -0.3 is 5.11 Å². The molecular weight excluding hydrogens is 231 g/mol. The lowest BCUT2D eigenvalue weighted by atomic mass is 10.0. The SMILES string of the molecule is O=C(O)C1(C(F)(F)C(F)(F)F)N=NN=N1. The second-order valence-electron chi connectivity index (χ2n) is 2.43. The maximum Gasteiger partial charge on any atom is 0.458 e. The van der Waals surface area contributed by atoms with Crippen molar-refractivity contribution in [1.82, 2.24) is 0 Å². The summed E-state index contributed by atoms with van der Waals surface area (Å²) in [7, 11) is 0. The minimum Gasteiger partial charge on any atom is -0.478 e. The monoisotopic (exact) mass is 232 g/mol. The van der Waals surface area contributed by atoms with Crippen molar-refractivity contribution in [3.8, 4) is 0 Å². The van der Waals surface area contributed by atoms with E-state index in [0.29, 0.717) is 0 Å². The molecule has 84 valence electrons. The van der Waals surface area contributed by atoms with Gasteiger partial charge in [-0.05, 0) is 10.4 Å². The number of carbonyl (C=O) groups is 1. The standard InChI is InChI=1S/C4HF5N4O2/c5-3(6,4(7,8)9)2(1(14)15)10-12-13-11-2/h(H,14,15). The third-order valence-corrected chi connectivity index (χ3v) is 1.51. The number of hydrogen-bond acceptors (Lipinski definition) is 5. The number of hydrogen-bond donors (Lipinski definition) is 1. The Morgan fingerprint density at radius 2 is 1.47 bits per heavy atom. The summed E-state index contributed by atoms with van der Waals surface area (Å²) in [6.07, 6.45) is -6.12. The molecule has 1 rings (SSSR count). The number of nitrogens with zero attached hydrogens (tertiary/aromatic N) is 4. The van der Waals surface area contributed by atoms with Crippen LogP contribution >= 0.6 is 0 Å². The van der Waals surface area contributed by atoms with Gasteiger partial charge in [-0.25, -0.2) is 4.79 Å². The molecule has 1 heterocycles. The smallest absolute Gasteiger partial charge is 0.458 e. The average Bonchev–Trinajstić information content (AvgIpc) is 2.50. The van der Waals surface area contributed by atoms with E-state index in [0.717, 1.165) is 0 Å². The van der Waals surface area contributed by atoms with E-state index < -0.39 is 23.7 Å². The van der Waals surface area contributed by atoms with Gasteiger partial charge in [0.1, 0.15) is 0 Å². The molecule has 6 nitrogen and oxygen atoms in total. The fraction of sp³-hybridized carbons (Fsp3) is 0.750. The predicted octanol–water partition coefficient (Wildman–Crippen LogP) is 1.80. The van der Waals surface area contributed by atoms with Gasteiger partial charge in [0.05, 0.1) is 0 Å². The zero-order valence-corrected chi connectivity index (χ0v) is 6.53.